The van der Waals surface area contributed by atoms with Crippen molar-refractivity contribution in [1.29, 1.82) is 0 Å². The van der Waals surface area contributed by atoms with Gasteiger partial charge in [0.25, 0.3) is 5.91 Å². The lowest BCUT2D eigenvalue weighted by Gasteiger charge is -2.41. The van der Waals surface area contributed by atoms with Crippen LogP contribution < -0.4 is 5.32 Å². The summed E-state index contributed by atoms with van der Waals surface area (Å²) in [6.45, 7) is 4.55. The SMILES string of the molecule is CN1CCC(N2CCC[C@H](NC(=O)c3ccc4[nH]ccc4c3)C2)CC1. The van der Waals surface area contributed by atoms with Gasteiger partial charge in [0.05, 0.1) is 0 Å². The number of likely N-dealkylation sites (tertiary alicyclic amines) is 2. The zero-order chi connectivity index (χ0) is 17.2. The van der Waals surface area contributed by atoms with Gasteiger partial charge in [0, 0.05) is 41.3 Å². The highest BCUT2D eigenvalue weighted by Gasteiger charge is 2.28. The zero-order valence-corrected chi connectivity index (χ0v) is 15.0. The van der Waals surface area contributed by atoms with Crippen molar-refractivity contribution in [3.63, 3.8) is 0 Å². The molecule has 2 N–H and O–H groups in total. The molecule has 2 saturated heterocycles. The largest absolute Gasteiger partial charge is 0.361 e. The van der Waals surface area contributed by atoms with Crippen molar-refractivity contribution in [2.45, 2.75) is 37.8 Å². The lowest BCUT2D eigenvalue weighted by molar-refractivity contribution is 0.0766. The van der Waals surface area contributed by atoms with Crippen molar-refractivity contribution >= 4 is 16.8 Å². The van der Waals surface area contributed by atoms with Crippen molar-refractivity contribution in [2.24, 2.45) is 0 Å². The zero-order valence-electron chi connectivity index (χ0n) is 15.0. The minimum Gasteiger partial charge on any atom is -0.361 e. The molecule has 4 rings (SSSR count). The molecule has 0 aliphatic carbocycles. The summed E-state index contributed by atoms with van der Waals surface area (Å²) in [5.74, 6) is 0.0540. The molecule has 0 saturated carbocycles. The number of rotatable bonds is 3. The van der Waals surface area contributed by atoms with E-state index in [1.165, 1.54) is 38.9 Å². The summed E-state index contributed by atoms with van der Waals surface area (Å²) < 4.78 is 0. The molecule has 1 aromatic heterocycles. The molecule has 0 radical (unpaired) electrons. The van der Waals surface area contributed by atoms with Gasteiger partial charge in [-0.1, -0.05) is 0 Å². The van der Waals surface area contributed by atoms with Crippen molar-refractivity contribution in [3.05, 3.63) is 36.0 Å². The van der Waals surface area contributed by atoms with E-state index in [2.05, 4.69) is 27.1 Å². The van der Waals surface area contributed by atoms with E-state index in [1.807, 2.05) is 30.5 Å². The van der Waals surface area contributed by atoms with Gasteiger partial charge in [0.1, 0.15) is 0 Å². The molecule has 5 heteroatoms. The summed E-state index contributed by atoms with van der Waals surface area (Å²) >= 11 is 0. The second-order valence-electron chi connectivity index (χ2n) is 7.62. The van der Waals surface area contributed by atoms with E-state index in [4.69, 9.17) is 0 Å². The van der Waals surface area contributed by atoms with E-state index in [-0.39, 0.29) is 11.9 Å². The minimum absolute atomic E-state index is 0.0540. The van der Waals surface area contributed by atoms with E-state index in [0.29, 0.717) is 6.04 Å². The number of H-pyrrole nitrogens is 1. The fourth-order valence-electron chi connectivity index (χ4n) is 4.28. The number of carbonyl (C=O) groups excluding carboxylic acids is 1. The van der Waals surface area contributed by atoms with E-state index in [0.717, 1.165) is 29.4 Å². The fraction of sp³-hybridized carbons (Fsp3) is 0.550. The second kappa shape index (κ2) is 7.18. The Morgan fingerprint density at radius 3 is 2.84 bits per heavy atom. The van der Waals surface area contributed by atoms with Gasteiger partial charge < -0.3 is 15.2 Å². The summed E-state index contributed by atoms with van der Waals surface area (Å²) in [6, 6.07) is 8.82. The van der Waals surface area contributed by atoms with Crippen LogP contribution in [0.25, 0.3) is 10.9 Å². The number of hydrogen-bond acceptors (Lipinski definition) is 3. The summed E-state index contributed by atoms with van der Waals surface area (Å²) in [6.07, 6.45) is 6.67. The van der Waals surface area contributed by atoms with Gasteiger partial charge in [-0.05, 0) is 76.6 Å². The van der Waals surface area contributed by atoms with Crippen molar-refractivity contribution in [1.82, 2.24) is 20.1 Å². The molecule has 0 unspecified atom stereocenters. The number of carbonyl (C=O) groups is 1. The van der Waals surface area contributed by atoms with Crippen LogP contribution >= 0.6 is 0 Å². The van der Waals surface area contributed by atoms with Crippen LogP contribution in [0.2, 0.25) is 0 Å². The average Bonchev–Trinajstić information content (AvgIpc) is 3.10. The van der Waals surface area contributed by atoms with Crippen LogP contribution in [-0.4, -0.2) is 66.0 Å². The Morgan fingerprint density at radius 1 is 1.16 bits per heavy atom. The molecule has 1 aromatic carbocycles. The second-order valence-corrected chi connectivity index (χ2v) is 7.62. The number of benzene rings is 1. The molecule has 2 aliphatic rings. The standard InChI is InChI=1S/C20H28N4O/c1-23-11-7-18(8-12-23)24-10-2-3-17(14-24)22-20(25)16-4-5-19-15(13-16)6-9-21-19/h4-6,9,13,17-18,21H,2-3,7-8,10-12,14H2,1H3,(H,22,25)/t17-/m0/s1. The molecule has 3 heterocycles. The van der Waals surface area contributed by atoms with Gasteiger partial charge in [0.2, 0.25) is 0 Å². The quantitative estimate of drug-likeness (QED) is 0.902. The summed E-state index contributed by atoms with van der Waals surface area (Å²) in [5, 5.41) is 4.36. The molecule has 5 nitrogen and oxygen atoms in total. The third kappa shape index (κ3) is 3.72. The van der Waals surface area contributed by atoms with Crippen molar-refractivity contribution in [3.8, 4) is 0 Å². The Balaban J connectivity index is 1.37. The van der Waals surface area contributed by atoms with Crippen LogP contribution in [0.15, 0.2) is 30.5 Å². The molecule has 1 atom stereocenters. The number of amides is 1. The van der Waals surface area contributed by atoms with E-state index >= 15 is 0 Å². The van der Waals surface area contributed by atoms with E-state index in [9.17, 15) is 4.79 Å². The minimum atomic E-state index is 0.0540. The number of fused-ring (bicyclic) bond motifs is 1. The number of nitrogens with one attached hydrogen (secondary N) is 2. The third-order valence-corrected chi connectivity index (χ3v) is 5.81. The molecule has 0 bridgehead atoms. The van der Waals surface area contributed by atoms with E-state index < -0.39 is 0 Å². The molecule has 2 fully saturated rings. The molecule has 2 aliphatic heterocycles. The highest BCUT2D eigenvalue weighted by atomic mass is 16.1. The summed E-state index contributed by atoms with van der Waals surface area (Å²) in [7, 11) is 2.21. The molecular formula is C20H28N4O. The summed E-state index contributed by atoms with van der Waals surface area (Å²) in [4.78, 5) is 20.8. The smallest absolute Gasteiger partial charge is 0.251 e. The topological polar surface area (TPSA) is 51.4 Å². The Labute approximate surface area is 149 Å². The third-order valence-electron chi connectivity index (χ3n) is 5.81. The van der Waals surface area contributed by atoms with Gasteiger partial charge >= 0.3 is 0 Å². The van der Waals surface area contributed by atoms with Crippen molar-refractivity contribution < 1.29 is 4.79 Å². The lowest BCUT2D eigenvalue weighted by Crippen LogP contribution is -2.53. The normalized spacial score (nSPS) is 23.8. The first-order valence-electron chi connectivity index (χ1n) is 9.49. The maximum atomic E-state index is 12.7. The predicted octanol–water partition coefficient (Wildman–Crippen LogP) is 2.46. The number of aromatic amines is 1. The molecule has 2 aromatic rings. The summed E-state index contributed by atoms with van der Waals surface area (Å²) in [5.41, 5.74) is 1.83. The Hall–Kier alpha value is -1.85. The number of nitrogens with zero attached hydrogens (tertiary/aromatic N) is 2. The Morgan fingerprint density at radius 2 is 2.00 bits per heavy atom. The maximum absolute atomic E-state index is 12.7. The molecule has 1 amide bonds. The van der Waals surface area contributed by atoms with Gasteiger partial charge in [-0.3, -0.25) is 9.69 Å². The molecule has 25 heavy (non-hydrogen) atoms. The number of aromatic nitrogens is 1. The first-order valence-corrected chi connectivity index (χ1v) is 9.49. The first kappa shape index (κ1) is 16.6. The Bertz CT molecular complexity index is 732. The van der Waals surface area contributed by atoms with Gasteiger partial charge in [0.15, 0.2) is 0 Å². The fourth-order valence-corrected chi connectivity index (χ4v) is 4.28. The number of hydrogen-bond donors (Lipinski definition) is 2. The van der Waals surface area contributed by atoms with Gasteiger partial charge in [-0.25, -0.2) is 0 Å². The highest BCUT2D eigenvalue weighted by Crippen LogP contribution is 2.21. The molecular weight excluding hydrogens is 312 g/mol. The first-order chi connectivity index (χ1) is 12.2. The number of piperidine rings is 2. The molecule has 134 valence electrons. The monoisotopic (exact) mass is 340 g/mol. The average molecular weight is 340 g/mol. The van der Waals surface area contributed by atoms with Crippen LogP contribution in [0.1, 0.15) is 36.0 Å². The van der Waals surface area contributed by atoms with Crippen LogP contribution in [0.3, 0.4) is 0 Å². The van der Waals surface area contributed by atoms with Gasteiger partial charge in [-0.2, -0.15) is 0 Å². The highest BCUT2D eigenvalue weighted by molar-refractivity contribution is 5.98. The maximum Gasteiger partial charge on any atom is 0.251 e. The van der Waals surface area contributed by atoms with Crippen LogP contribution in [0, 0.1) is 0 Å². The Kier molecular flexibility index (Phi) is 4.77. The van der Waals surface area contributed by atoms with Gasteiger partial charge in [-0.15, -0.1) is 0 Å². The van der Waals surface area contributed by atoms with Crippen LogP contribution in [-0.2, 0) is 0 Å². The van der Waals surface area contributed by atoms with Crippen LogP contribution in [0.4, 0.5) is 0 Å². The van der Waals surface area contributed by atoms with E-state index in [1.54, 1.807) is 0 Å². The lowest BCUT2D eigenvalue weighted by atomic mass is 9.98. The predicted molar refractivity (Wildman–Crippen MR) is 101 cm³/mol. The molecule has 0 spiro atoms. The van der Waals surface area contributed by atoms with Crippen LogP contribution in [0.5, 0.6) is 0 Å². The van der Waals surface area contributed by atoms with Crippen molar-refractivity contribution in [2.75, 3.05) is 33.2 Å².